The summed E-state index contributed by atoms with van der Waals surface area (Å²) < 4.78 is 28.1. The van der Waals surface area contributed by atoms with Gasteiger partial charge in [-0.2, -0.15) is 0 Å². The summed E-state index contributed by atoms with van der Waals surface area (Å²) >= 11 is 0. The van der Waals surface area contributed by atoms with Crippen LogP contribution in [0, 0.1) is 6.92 Å². The van der Waals surface area contributed by atoms with Gasteiger partial charge in [0.15, 0.2) is 9.84 Å². The molecule has 1 N–H and O–H groups in total. The molecule has 96 valence electrons. The lowest BCUT2D eigenvalue weighted by Gasteiger charge is -2.18. The number of rotatable bonds is 4. The molecule has 1 saturated carbocycles. The molecule has 0 saturated heterocycles. The Morgan fingerprint density at radius 1 is 1.53 bits per heavy atom. The molecule has 0 aromatic carbocycles. The minimum atomic E-state index is -2.96. The maximum absolute atomic E-state index is 11.6. The topological polar surface area (TPSA) is 72.2 Å². The average molecular weight is 258 g/mol. The number of hydrogen-bond donors (Lipinski definition) is 1. The van der Waals surface area contributed by atoms with E-state index in [-0.39, 0.29) is 11.3 Å². The lowest BCUT2D eigenvalue weighted by molar-refractivity contribution is 0.385. The molecule has 1 aliphatic rings. The molecule has 17 heavy (non-hydrogen) atoms. The van der Waals surface area contributed by atoms with E-state index in [9.17, 15) is 8.42 Å². The Morgan fingerprint density at radius 2 is 2.29 bits per heavy atom. The molecule has 0 aliphatic heterocycles. The van der Waals surface area contributed by atoms with Gasteiger partial charge in [-0.25, -0.2) is 8.42 Å². The molecule has 1 aliphatic carbocycles. The van der Waals surface area contributed by atoms with E-state index in [1.165, 1.54) is 6.26 Å². The van der Waals surface area contributed by atoms with Crippen molar-refractivity contribution in [3.8, 4) is 0 Å². The van der Waals surface area contributed by atoms with Gasteiger partial charge in [-0.15, -0.1) is 0 Å². The largest absolute Gasteiger partial charge is 0.361 e. The van der Waals surface area contributed by atoms with Crippen LogP contribution in [-0.4, -0.2) is 31.1 Å². The number of sulfone groups is 1. The summed E-state index contributed by atoms with van der Waals surface area (Å²) in [5, 5.41) is 6.89. The molecule has 0 amide bonds. The van der Waals surface area contributed by atoms with Crippen molar-refractivity contribution in [3.05, 3.63) is 17.5 Å². The number of hydrogen-bond acceptors (Lipinski definition) is 5. The molecule has 5 nitrogen and oxygen atoms in total. The third-order valence-electron chi connectivity index (χ3n) is 3.22. The fourth-order valence-electron chi connectivity index (χ4n) is 2.41. The van der Waals surface area contributed by atoms with Crippen molar-refractivity contribution in [1.29, 1.82) is 0 Å². The highest BCUT2D eigenvalue weighted by Gasteiger charge is 2.34. The zero-order chi connectivity index (χ0) is 12.5. The Kier molecular flexibility index (Phi) is 3.53. The van der Waals surface area contributed by atoms with Crippen LogP contribution >= 0.6 is 0 Å². The average Bonchev–Trinajstić information content (AvgIpc) is 2.81. The predicted molar refractivity (Wildman–Crippen MR) is 64.4 cm³/mol. The number of nitrogens with zero attached hydrogens (tertiary/aromatic N) is 1. The van der Waals surface area contributed by atoms with Crippen molar-refractivity contribution < 1.29 is 12.9 Å². The Morgan fingerprint density at radius 3 is 2.88 bits per heavy atom. The van der Waals surface area contributed by atoms with Crippen molar-refractivity contribution in [1.82, 2.24) is 10.5 Å². The molecule has 2 atom stereocenters. The van der Waals surface area contributed by atoms with Gasteiger partial charge in [-0.3, -0.25) is 0 Å². The van der Waals surface area contributed by atoms with Crippen molar-refractivity contribution >= 4 is 9.84 Å². The molecular weight excluding hydrogens is 240 g/mol. The van der Waals surface area contributed by atoms with Gasteiger partial charge in [0, 0.05) is 24.9 Å². The van der Waals surface area contributed by atoms with Gasteiger partial charge >= 0.3 is 0 Å². The normalized spacial score (nSPS) is 25.3. The third-order valence-corrected chi connectivity index (χ3v) is 4.89. The van der Waals surface area contributed by atoms with Gasteiger partial charge in [0.2, 0.25) is 0 Å². The van der Waals surface area contributed by atoms with E-state index in [0.29, 0.717) is 6.54 Å². The van der Waals surface area contributed by atoms with Crippen LogP contribution < -0.4 is 5.32 Å². The molecule has 0 radical (unpaired) electrons. The Hall–Kier alpha value is -0.880. The second kappa shape index (κ2) is 4.78. The summed E-state index contributed by atoms with van der Waals surface area (Å²) in [5.41, 5.74) is 0.821. The van der Waals surface area contributed by atoms with E-state index in [1.54, 1.807) is 0 Å². The van der Waals surface area contributed by atoms with Gasteiger partial charge < -0.3 is 9.84 Å². The van der Waals surface area contributed by atoms with E-state index in [0.717, 1.165) is 30.7 Å². The molecule has 1 aromatic heterocycles. The minimum Gasteiger partial charge on any atom is -0.361 e. The van der Waals surface area contributed by atoms with Gasteiger partial charge in [-0.05, 0) is 19.8 Å². The molecule has 1 aromatic rings. The maximum Gasteiger partial charge on any atom is 0.151 e. The van der Waals surface area contributed by atoms with E-state index in [4.69, 9.17) is 4.52 Å². The fourth-order valence-corrected chi connectivity index (χ4v) is 3.83. The van der Waals surface area contributed by atoms with Gasteiger partial charge in [0.05, 0.1) is 10.9 Å². The van der Waals surface area contributed by atoms with Crippen LogP contribution in [0.5, 0.6) is 0 Å². The zero-order valence-electron chi connectivity index (χ0n) is 10.1. The highest BCUT2D eigenvalue weighted by Crippen LogP contribution is 2.25. The predicted octanol–water partition coefficient (Wildman–Crippen LogP) is 1.04. The quantitative estimate of drug-likeness (QED) is 0.873. The molecule has 2 rings (SSSR count). The SMILES string of the molecule is Cc1cc(CNC2CCCC2S(C)(=O)=O)no1. The lowest BCUT2D eigenvalue weighted by atomic mass is 10.2. The molecular formula is C11H18N2O3S. The summed E-state index contributed by atoms with van der Waals surface area (Å²) in [7, 11) is -2.96. The van der Waals surface area contributed by atoms with Crippen LogP contribution in [0.15, 0.2) is 10.6 Å². The molecule has 1 fully saturated rings. The monoisotopic (exact) mass is 258 g/mol. The molecule has 0 spiro atoms. The summed E-state index contributed by atoms with van der Waals surface area (Å²) in [5.74, 6) is 0.771. The van der Waals surface area contributed by atoms with Crippen LogP contribution in [0.1, 0.15) is 30.7 Å². The van der Waals surface area contributed by atoms with Gasteiger partial charge in [-0.1, -0.05) is 11.6 Å². The highest BCUT2D eigenvalue weighted by molar-refractivity contribution is 7.91. The van der Waals surface area contributed by atoms with Crippen LogP contribution in [0.25, 0.3) is 0 Å². The van der Waals surface area contributed by atoms with Crippen molar-refractivity contribution in [2.45, 2.75) is 44.0 Å². The number of aromatic nitrogens is 1. The van der Waals surface area contributed by atoms with Gasteiger partial charge in [0.25, 0.3) is 0 Å². The van der Waals surface area contributed by atoms with Crippen LogP contribution in [0.2, 0.25) is 0 Å². The van der Waals surface area contributed by atoms with E-state index in [2.05, 4.69) is 10.5 Å². The minimum absolute atomic E-state index is 0.0435. The van der Waals surface area contributed by atoms with Crippen LogP contribution in [0.3, 0.4) is 0 Å². The second-order valence-electron chi connectivity index (χ2n) is 4.72. The van der Waals surface area contributed by atoms with Crippen LogP contribution in [0.4, 0.5) is 0 Å². The Bertz CT molecular complexity index is 481. The fraction of sp³-hybridized carbons (Fsp3) is 0.727. The number of nitrogens with one attached hydrogen (secondary N) is 1. The zero-order valence-corrected chi connectivity index (χ0v) is 11.0. The molecule has 0 bridgehead atoms. The lowest BCUT2D eigenvalue weighted by Crippen LogP contribution is -2.39. The first kappa shape index (κ1) is 12.6. The first-order valence-corrected chi connectivity index (χ1v) is 7.77. The third kappa shape index (κ3) is 3.07. The van der Waals surface area contributed by atoms with E-state index in [1.807, 2.05) is 13.0 Å². The van der Waals surface area contributed by atoms with Crippen molar-refractivity contribution in [2.75, 3.05) is 6.26 Å². The number of aryl methyl sites for hydroxylation is 1. The molecule has 6 heteroatoms. The van der Waals surface area contributed by atoms with Gasteiger partial charge in [0.1, 0.15) is 5.76 Å². The second-order valence-corrected chi connectivity index (χ2v) is 6.98. The summed E-state index contributed by atoms with van der Waals surface area (Å²) in [6.07, 6.45) is 3.95. The summed E-state index contributed by atoms with van der Waals surface area (Å²) in [4.78, 5) is 0. The van der Waals surface area contributed by atoms with E-state index < -0.39 is 9.84 Å². The first-order valence-electron chi connectivity index (χ1n) is 5.81. The Labute approximate surface area is 101 Å². The Balaban J connectivity index is 1.95. The smallest absolute Gasteiger partial charge is 0.151 e. The maximum atomic E-state index is 11.6. The molecule has 1 heterocycles. The van der Waals surface area contributed by atoms with E-state index >= 15 is 0 Å². The first-order chi connectivity index (χ1) is 7.97. The van der Waals surface area contributed by atoms with Crippen molar-refractivity contribution in [3.63, 3.8) is 0 Å². The highest BCUT2D eigenvalue weighted by atomic mass is 32.2. The van der Waals surface area contributed by atoms with Crippen LogP contribution in [-0.2, 0) is 16.4 Å². The molecule has 2 unspecified atom stereocenters. The van der Waals surface area contributed by atoms with Crippen molar-refractivity contribution in [2.24, 2.45) is 0 Å². The summed E-state index contributed by atoms with van der Waals surface area (Å²) in [6, 6.07) is 1.90. The summed E-state index contributed by atoms with van der Waals surface area (Å²) in [6.45, 7) is 2.40. The standard InChI is InChI=1S/C11H18N2O3S/c1-8-6-9(13-16-8)7-12-10-4-3-5-11(10)17(2,14)15/h6,10-12H,3-5,7H2,1-2H3.